The van der Waals surface area contributed by atoms with Crippen molar-refractivity contribution in [2.75, 3.05) is 0 Å². The van der Waals surface area contributed by atoms with E-state index in [2.05, 4.69) is 38.1 Å². The van der Waals surface area contributed by atoms with Crippen LogP contribution >= 0.6 is 0 Å². The summed E-state index contributed by atoms with van der Waals surface area (Å²) in [6.07, 6.45) is 1.48. The summed E-state index contributed by atoms with van der Waals surface area (Å²) in [5.41, 5.74) is 5.97. The van der Waals surface area contributed by atoms with E-state index in [-0.39, 0.29) is 0 Å². The van der Waals surface area contributed by atoms with Crippen molar-refractivity contribution in [2.24, 2.45) is 0 Å². The zero-order valence-electron chi connectivity index (χ0n) is 10.2. The number of aryl methyl sites for hydroxylation is 2. The Morgan fingerprint density at radius 2 is 1.53 bits per heavy atom. The zero-order valence-corrected chi connectivity index (χ0v) is 10.2. The molecule has 0 amide bonds. The number of hydrogen-bond acceptors (Lipinski definition) is 1. The third kappa shape index (κ3) is 2.44. The fourth-order valence-corrected chi connectivity index (χ4v) is 2.20. The Hall–Kier alpha value is -1.89. The van der Waals surface area contributed by atoms with Crippen LogP contribution in [0.3, 0.4) is 0 Å². The van der Waals surface area contributed by atoms with E-state index in [1.165, 1.54) is 22.3 Å². The van der Waals surface area contributed by atoms with Gasteiger partial charge in [-0.15, -0.1) is 0 Å². The summed E-state index contributed by atoms with van der Waals surface area (Å²) < 4.78 is 0. The normalized spacial score (nSPS) is 10.2. The van der Waals surface area contributed by atoms with E-state index >= 15 is 0 Å². The van der Waals surface area contributed by atoms with Crippen LogP contribution in [0.15, 0.2) is 42.5 Å². The van der Waals surface area contributed by atoms with Gasteiger partial charge in [0.25, 0.3) is 0 Å². The van der Waals surface area contributed by atoms with Crippen molar-refractivity contribution >= 4 is 6.29 Å². The van der Waals surface area contributed by atoms with Crippen LogP contribution in [0.2, 0.25) is 0 Å². The SMILES string of the molecule is Cc1cc(-c2ccccc2)cc(C)c1CC=O. The quantitative estimate of drug-likeness (QED) is 0.726. The summed E-state index contributed by atoms with van der Waals surface area (Å²) in [5, 5.41) is 0. The second-order valence-electron chi connectivity index (χ2n) is 4.33. The summed E-state index contributed by atoms with van der Waals surface area (Å²) >= 11 is 0. The molecule has 2 rings (SSSR count). The highest BCUT2D eigenvalue weighted by atomic mass is 16.1. The molecular weight excluding hydrogens is 208 g/mol. The van der Waals surface area contributed by atoms with Gasteiger partial charge in [-0.25, -0.2) is 0 Å². The molecule has 17 heavy (non-hydrogen) atoms. The highest BCUT2D eigenvalue weighted by Crippen LogP contribution is 2.25. The lowest BCUT2D eigenvalue weighted by Crippen LogP contribution is -1.95. The van der Waals surface area contributed by atoms with Crippen LogP contribution in [0.25, 0.3) is 11.1 Å². The van der Waals surface area contributed by atoms with E-state index in [0.717, 1.165) is 11.8 Å². The number of aldehydes is 1. The molecule has 0 aliphatic carbocycles. The molecule has 0 aliphatic rings. The molecule has 0 N–H and O–H groups in total. The molecular formula is C16H16O. The lowest BCUT2D eigenvalue weighted by molar-refractivity contribution is -0.107. The monoisotopic (exact) mass is 224 g/mol. The molecule has 2 aromatic carbocycles. The molecule has 0 unspecified atom stereocenters. The van der Waals surface area contributed by atoms with Gasteiger partial charge < -0.3 is 4.79 Å². The molecule has 1 nitrogen and oxygen atoms in total. The molecule has 0 atom stereocenters. The Morgan fingerprint density at radius 1 is 0.941 bits per heavy atom. The molecule has 2 aromatic rings. The van der Waals surface area contributed by atoms with Crippen molar-refractivity contribution in [3.8, 4) is 11.1 Å². The van der Waals surface area contributed by atoms with Crippen molar-refractivity contribution in [3.05, 3.63) is 59.2 Å². The maximum absolute atomic E-state index is 10.6. The van der Waals surface area contributed by atoms with E-state index < -0.39 is 0 Å². The lowest BCUT2D eigenvalue weighted by Gasteiger charge is -2.10. The Morgan fingerprint density at radius 3 is 2.06 bits per heavy atom. The van der Waals surface area contributed by atoms with Gasteiger partial charge in [-0.1, -0.05) is 42.5 Å². The predicted molar refractivity (Wildman–Crippen MR) is 71.1 cm³/mol. The third-order valence-corrected chi connectivity index (χ3v) is 3.09. The molecule has 1 heteroatoms. The van der Waals surface area contributed by atoms with Crippen LogP contribution < -0.4 is 0 Å². The summed E-state index contributed by atoms with van der Waals surface area (Å²) in [4.78, 5) is 10.6. The van der Waals surface area contributed by atoms with Crippen LogP contribution in [-0.2, 0) is 11.2 Å². The average Bonchev–Trinajstić information content (AvgIpc) is 2.35. The molecule has 0 spiro atoms. The van der Waals surface area contributed by atoms with Gasteiger partial charge in [0, 0.05) is 6.42 Å². The van der Waals surface area contributed by atoms with E-state index in [1.807, 2.05) is 18.2 Å². The van der Waals surface area contributed by atoms with Gasteiger partial charge >= 0.3 is 0 Å². The van der Waals surface area contributed by atoms with Crippen LogP contribution in [-0.4, -0.2) is 6.29 Å². The van der Waals surface area contributed by atoms with Gasteiger partial charge in [0.05, 0.1) is 0 Å². The Labute approximate surface area is 102 Å². The fraction of sp³-hybridized carbons (Fsp3) is 0.188. The first-order valence-electron chi connectivity index (χ1n) is 5.81. The zero-order chi connectivity index (χ0) is 12.3. The maximum Gasteiger partial charge on any atom is 0.124 e. The van der Waals surface area contributed by atoms with Crippen molar-refractivity contribution in [1.82, 2.24) is 0 Å². The smallest absolute Gasteiger partial charge is 0.124 e. The minimum Gasteiger partial charge on any atom is -0.303 e. The van der Waals surface area contributed by atoms with Gasteiger partial charge in [-0.3, -0.25) is 0 Å². The number of carbonyl (C=O) groups excluding carboxylic acids is 1. The van der Waals surface area contributed by atoms with Crippen LogP contribution in [0.4, 0.5) is 0 Å². The summed E-state index contributed by atoms with van der Waals surface area (Å²) in [6, 6.07) is 14.6. The summed E-state index contributed by atoms with van der Waals surface area (Å²) in [5.74, 6) is 0. The fourth-order valence-electron chi connectivity index (χ4n) is 2.20. The second-order valence-corrected chi connectivity index (χ2v) is 4.33. The van der Waals surface area contributed by atoms with Crippen LogP contribution in [0, 0.1) is 13.8 Å². The molecule has 0 aliphatic heterocycles. The Balaban J connectivity index is 2.49. The van der Waals surface area contributed by atoms with Gasteiger partial charge in [-0.05, 0) is 41.7 Å². The maximum atomic E-state index is 10.6. The average molecular weight is 224 g/mol. The summed E-state index contributed by atoms with van der Waals surface area (Å²) in [6.45, 7) is 4.14. The summed E-state index contributed by atoms with van der Waals surface area (Å²) in [7, 11) is 0. The Bertz CT molecular complexity index is 503. The molecule has 0 fully saturated rings. The standard InChI is InChI=1S/C16H16O/c1-12-10-15(14-6-4-3-5-7-14)11-13(2)16(12)8-9-17/h3-7,9-11H,8H2,1-2H3. The van der Waals surface area contributed by atoms with Gasteiger partial charge in [0.1, 0.15) is 6.29 Å². The number of hydrogen-bond donors (Lipinski definition) is 0. The van der Waals surface area contributed by atoms with E-state index in [4.69, 9.17) is 0 Å². The number of benzene rings is 2. The Kier molecular flexibility index (Phi) is 3.38. The van der Waals surface area contributed by atoms with Crippen molar-refractivity contribution in [1.29, 1.82) is 0 Å². The topological polar surface area (TPSA) is 17.1 Å². The molecule has 0 heterocycles. The number of carbonyl (C=O) groups is 1. The predicted octanol–water partition coefficient (Wildman–Crippen LogP) is 3.71. The minimum absolute atomic E-state index is 0.507. The molecule has 0 bridgehead atoms. The number of rotatable bonds is 3. The lowest BCUT2D eigenvalue weighted by atomic mass is 9.94. The second kappa shape index (κ2) is 4.96. The third-order valence-electron chi connectivity index (χ3n) is 3.09. The van der Waals surface area contributed by atoms with Gasteiger partial charge in [0.15, 0.2) is 0 Å². The van der Waals surface area contributed by atoms with Crippen molar-refractivity contribution < 1.29 is 4.79 Å². The first-order chi connectivity index (χ1) is 8.22. The highest BCUT2D eigenvalue weighted by molar-refractivity contribution is 5.68. The molecule has 86 valence electrons. The highest BCUT2D eigenvalue weighted by Gasteiger charge is 2.05. The van der Waals surface area contributed by atoms with Crippen LogP contribution in [0.5, 0.6) is 0 Å². The minimum atomic E-state index is 0.507. The van der Waals surface area contributed by atoms with Crippen molar-refractivity contribution in [2.45, 2.75) is 20.3 Å². The van der Waals surface area contributed by atoms with Gasteiger partial charge in [0.2, 0.25) is 0 Å². The van der Waals surface area contributed by atoms with Crippen molar-refractivity contribution in [3.63, 3.8) is 0 Å². The first kappa shape index (κ1) is 11.6. The molecule has 0 radical (unpaired) electrons. The molecule has 0 aromatic heterocycles. The largest absolute Gasteiger partial charge is 0.303 e. The van der Waals surface area contributed by atoms with Gasteiger partial charge in [-0.2, -0.15) is 0 Å². The first-order valence-corrected chi connectivity index (χ1v) is 5.81. The molecule has 0 saturated carbocycles. The van der Waals surface area contributed by atoms with E-state index in [1.54, 1.807) is 0 Å². The van der Waals surface area contributed by atoms with E-state index in [9.17, 15) is 4.79 Å². The van der Waals surface area contributed by atoms with Crippen LogP contribution in [0.1, 0.15) is 16.7 Å². The van der Waals surface area contributed by atoms with E-state index in [0.29, 0.717) is 6.42 Å². The molecule has 0 saturated heterocycles.